The van der Waals surface area contributed by atoms with Gasteiger partial charge in [0.05, 0.1) is 34.9 Å². The lowest BCUT2D eigenvalue weighted by atomic mass is 10.1. The number of benzene rings is 2. The number of nitrogen functional groups attached to an aromatic ring is 1. The highest BCUT2D eigenvalue weighted by Gasteiger charge is 2.23. The smallest absolute Gasteiger partial charge is 0.267 e. The van der Waals surface area contributed by atoms with Crippen LogP contribution in [0.4, 0.5) is 11.6 Å². The maximum Gasteiger partial charge on any atom is 0.267 e. The molecule has 1 aliphatic heterocycles. The number of nitrogens with one attached hydrogen (secondary N) is 2. The number of hydrogen-bond acceptors (Lipinski definition) is 7. The van der Waals surface area contributed by atoms with Crippen LogP contribution >= 0.6 is 0 Å². The largest absolute Gasteiger partial charge is 0.381 e. The summed E-state index contributed by atoms with van der Waals surface area (Å²) in [6.45, 7) is 0.529. The van der Waals surface area contributed by atoms with E-state index in [9.17, 15) is 9.59 Å². The first-order valence-electron chi connectivity index (χ1n) is 12.2. The zero-order valence-corrected chi connectivity index (χ0v) is 20.9. The van der Waals surface area contributed by atoms with Crippen molar-refractivity contribution in [3.05, 3.63) is 99.9 Å². The number of nitrogens with zero attached hydrogens (tertiary/aromatic N) is 6. The van der Waals surface area contributed by atoms with Crippen LogP contribution in [0.25, 0.3) is 22.8 Å². The Kier molecular flexibility index (Phi) is 5.89. The lowest BCUT2D eigenvalue weighted by Gasteiger charge is -2.15. The number of rotatable bonds is 4. The van der Waals surface area contributed by atoms with E-state index >= 15 is 0 Å². The van der Waals surface area contributed by atoms with Crippen molar-refractivity contribution in [2.75, 3.05) is 17.6 Å². The van der Waals surface area contributed by atoms with Gasteiger partial charge < -0.3 is 16.4 Å². The van der Waals surface area contributed by atoms with Crippen LogP contribution in [0, 0.1) is 11.8 Å². The highest BCUT2D eigenvalue weighted by atomic mass is 16.2. The van der Waals surface area contributed by atoms with Crippen molar-refractivity contribution in [2.45, 2.75) is 6.54 Å². The number of anilines is 2. The Bertz CT molecular complexity index is 1890. The fourth-order valence-electron chi connectivity index (χ4n) is 4.48. The molecule has 0 atom stereocenters. The highest BCUT2D eigenvalue weighted by molar-refractivity contribution is 6.03. The molecule has 1 aliphatic rings. The van der Waals surface area contributed by atoms with Gasteiger partial charge >= 0.3 is 0 Å². The molecular weight excluding hydrogens is 494 g/mol. The Labute approximate surface area is 222 Å². The molecule has 0 saturated carbocycles. The molecule has 11 nitrogen and oxygen atoms in total. The summed E-state index contributed by atoms with van der Waals surface area (Å²) in [5.41, 5.74) is 8.36. The molecule has 1 amide bonds. The summed E-state index contributed by atoms with van der Waals surface area (Å²) in [6.07, 6.45) is 7.07. The molecule has 0 spiro atoms. The summed E-state index contributed by atoms with van der Waals surface area (Å²) in [6, 6.07) is 14.5. The lowest BCUT2D eigenvalue weighted by Crippen LogP contribution is -2.31. The number of aromatic nitrogens is 6. The molecule has 0 unspecified atom stereocenters. The predicted octanol–water partition coefficient (Wildman–Crippen LogP) is 2.12. The number of carbonyl (C=O) groups is 1. The normalized spacial score (nSPS) is 11.9. The summed E-state index contributed by atoms with van der Waals surface area (Å²) >= 11 is 0. The van der Waals surface area contributed by atoms with Crippen LogP contribution in [0.5, 0.6) is 0 Å². The molecule has 0 aliphatic carbocycles. The molecule has 6 rings (SSSR count). The zero-order valence-electron chi connectivity index (χ0n) is 20.9. The number of aryl methyl sites for hydroxylation is 1. The summed E-state index contributed by atoms with van der Waals surface area (Å²) in [7, 11) is 1.82. The molecule has 0 radical (unpaired) electrons. The van der Waals surface area contributed by atoms with Crippen molar-refractivity contribution in [1.82, 2.24) is 34.4 Å². The number of para-hydroxylation sites is 1. The fraction of sp³-hybridized carbons (Fsp3) is 0.107. The van der Waals surface area contributed by atoms with Gasteiger partial charge in [-0.15, -0.1) is 5.10 Å². The summed E-state index contributed by atoms with van der Waals surface area (Å²) in [5, 5.41) is 14.7. The number of amides is 1. The van der Waals surface area contributed by atoms with Crippen LogP contribution in [0.2, 0.25) is 0 Å². The lowest BCUT2D eigenvalue weighted by molar-refractivity contribution is 0.0951. The number of fused-ring (bicyclic) bond motifs is 2. The van der Waals surface area contributed by atoms with Crippen LogP contribution in [-0.2, 0) is 13.6 Å². The number of hydrogen-bond donors (Lipinski definition) is 3. The highest BCUT2D eigenvalue weighted by Crippen LogP contribution is 2.24. The Morgan fingerprint density at radius 3 is 2.79 bits per heavy atom. The monoisotopic (exact) mass is 517 g/mol. The van der Waals surface area contributed by atoms with Gasteiger partial charge in [0.1, 0.15) is 17.2 Å². The van der Waals surface area contributed by atoms with Crippen LogP contribution in [0.1, 0.15) is 27.3 Å². The predicted molar refractivity (Wildman–Crippen MR) is 148 cm³/mol. The van der Waals surface area contributed by atoms with E-state index in [1.807, 2.05) is 43.5 Å². The second-order valence-electron chi connectivity index (χ2n) is 8.86. The average Bonchev–Trinajstić information content (AvgIpc) is 3.52. The third-order valence-corrected chi connectivity index (χ3v) is 6.23. The number of nitrogens with two attached hydrogens (primary N) is 1. The van der Waals surface area contributed by atoms with E-state index in [-0.39, 0.29) is 23.5 Å². The molecule has 2 aromatic carbocycles. The molecule has 0 bridgehead atoms. The van der Waals surface area contributed by atoms with E-state index in [2.05, 4.69) is 32.7 Å². The molecule has 3 aromatic heterocycles. The van der Waals surface area contributed by atoms with Crippen LogP contribution in [0.3, 0.4) is 0 Å². The van der Waals surface area contributed by atoms with Crippen LogP contribution < -0.4 is 21.9 Å². The molecule has 192 valence electrons. The Hall–Kier alpha value is -5.63. The molecule has 0 fully saturated rings. The standard InChI is InChI=1S/C28H23N9O2/c1-35-17-18(15-32-35)11-12-19-7-5-10-21-23(19)28(39)37(20-8-3-2-4-9-20)22(33-21)16-31-27(38)24-25(29)34-36-14-6-13-30-26(24)36/h2-10,14-15,17,30H,13,16H2,1H3,(H2,29,34)(H,31,38). The summed E-state index contributed by atoms with van der Waals surface area (Å²) in [4.78, 5) is 32.0. The van der Waals surface area contributed by atoms with Gasteiger partial charge in [-0.3, -0.25) is 18.8 Å². The van der Waals surface area contributed by atoms with Gasteiger partial charge in [0, 0.05) is 31.6 Å². The van der Waals surface area contributed by atoms with Gasteiger partial charge in [-0.2, -0.15) is 5.10 Å². The van der Waals surface area contributed by atoms with Gasteiger partial charge in [0.2, 0.25) is 0 Å². The minimum Gasteiger partial charge on any atom is -0.381 e. The maximum absolute atomic E-state index is 14.0. The van der Waals surface area contributed by atoms with Gasteiger partial charge in [0.25, 0.3) is 11.5 Å². The molecule has 4 heterocycles. The second-order valence-corrected chi connectivity index (χ2v) is 8.86. The van der Waals surface area contributed by atoms with E-state index in [4.69, 9.17) is 10.7 Å². The van der Waals surface area contributed by atoms with E-state index in [1.54, 1.807) is 41.5 Å². The SMILES string of the molecule is Cn1cc(C#Cc2cccc3nc(CNC(=O)c4c(N)nn5c4NCC=C5)n(-c4ccccc4)c(=O)c23)cn1. The molecule has 39 heavy (non-hydrogen) atoms. The van der Waals surface area contributed by atoms with Crippen molar-refractivity contribution in [2.24, 2.45) is 7.05 Å². The van der Waals surface area contributed by atoms with E-state index in [1.165, 1.54) is 9.25 Å². The Morgan fingerprint density at radius 1 is 1.15 bits per heavy atom. The minimum atomic E-state index is -0.429. The number of carbonyl (C=O) groups excluding carboxylic acids is 1. The zero-order chi connectivity index (χ0) is 26.9. The third kappa shape index (κ3) is 4.40. The van der Waals surface area contributed by atoms with Crippen molar-refractivity contribution in [3.8, 4) is 17.5 Å². The van der Waals surface area contributed by atoms with Crippen molar-refractivity contribution in [1.29, 1.82) is 0 Å². The van der Waals surface area contributed by atoms with Crippen molar-refractivity contribution >= 4 is 34.6 Å². The Morgan fingerprint density at radius 2 is 2.00 bits per heavy atom. The van der Waals surface area contributed by atoms with Crippen LogP contribution in [-0.4, -0.2) is 41.6 Å². The topological polar surface area (TPSA) is 138 Å². The van der Waals surface area contributed by atoms with Gasteiger partial charge in [-0.1, -0.05) is 36.1 Å². The molecular formula is C28H23N9O2. The minimum absolute atomic E-state index is 0.0234. The first-order valence-corrected chi connectivity index (χ1v) is 12.2. The van der Waals surface area contributed by atoms with E-state index in [0.717, 1.165) is 5.56 Å². The molecule has 4 N–H and O–H groups in total. The quantitative estimate of drug-likeness (QED) is 0.311. The van der Waals surface area contributed by atoms with Gasteiger partial charge in [0.15, 0.2) is 5.82 Å². The van der Waals surface area contributed by atoms with Crippen molar-refractivity contribution < 1.29 is 4.79 Å². The molecule has 0 saturated heterocycles. The first-order chi connectivity index (χ1) is 19.0. The molecule has 11 heteroatoms. The maximum atomic E-state index is 14.0. The first kappa shape index (κ1) is 23.7. The van der Waals surface area contributed by atoms with Crippen molar-refractivity contribution in [3.63, 3.8) is 0 Å². The van der Waals surface area contributed by atoms with Gasteiger partial charge in [-0.25, -0.2) is 9.67 Å². The Balaban J connectivity index is 1.42. The summed E-state index contributed by atoms with van der Waals surface area (Å²) < 4.78 is 4.68. The second kappa shape index (κ2) is 9.68. The third-order valence-electron chi connectivity index (χ3n) is 6.23. The van der Waals surface area contributed by atoms with Gasteiger partial charge in [-0.05, 0) is 30.3 Å². The summed E-state index contributed by atoms with van der Waals surface area (Å²) in [5.74, 6) is 6.70. The van der Waals surface area contributed by atoms with E-state index in [0.29, 0.717) is 40.3 Å². The fourth-order valence-corrected chi connectivity index (χ4v) is 4.48. The van der Waals surface area contributed by atoms with E-state index < -0.39 is 5.91 Å². The average molecular weight is 518 g/mol. The van der Waals surface area contributed by atoms with Crippen LogP contribution in [0.15, 0.2) is 71.8 Å². The molecule has 5 aromatic rings.